The van der Waals surface area contributed by atoms with Crippen molar-refractivity contribution in [3.63, 3.8) is 0 Å². The molecule has 2 aromatic rings. The molecule has 0 spiro atoms. The predicted molar refractivity (Wildman–Crippen MR) is 401 cm³/mol. The monoisotopic (exact) mass is 1520 g/mol. The van der Waals surface area contributed by atoms with Gasteiger partial charge in [-0.2, -0.15) is 0 Å². The van der Waals surface area contributed by atoms with Crippen molar-refractivity contribution in [2.75, 3.05) is 0 Å². The summed E-state index contributed by atoms with van der Waals surface area (Å²) >= 11 is -4.12. The van der Waals surface area contributed by atoms with E-state index in [4.69, 9.17) is 51.1 Å². The Labute approximate surface area is 601 Å². The van der Waals surface area contributed by atoms with E-state index in [2.05, 4.69) is 185 Å². The van der Waals surface area contributed by atoms with E-state index >= 15 is 0 Å². The van der Waals surface area contributed by atoms with Crippen LogP contribution in [0.1, 0.15) is 306 Å². The van der Waals surface area contributed by atoms with Crippen LogP contribution in [0, 0.1) is 142 Å². The van der Waals surface area contributed by atoms with Crippen LogP contribution in [0.15, 0.2) is 60.7 Å². The summed E-state index contributed by atoms with van der Waals surface area (Å²) < 4.78 is 0. The first-order valence-corrected chi connectivity index (χ1v) is 55.7. The van der Waals surface area contributed by atoms with E-state index in [1.807, 2.05) is 0 Å². The van der Waals surface area contributed by atoms with Gasteiger partial charge in [0.1, 0.15) is 0 Å². The van der Waals surface area contributed by atoms with Gasteiger partial charge in [-0.25, -0.2) is 0 Å². The molecule has 10 aliphatic rings. The van der Waals surface area contributed by atoms with E-state index < -0.39 is 36.3 Å². The normalized spacial score (nSPS) is 34.2. The predicted octanol–water partition coefficient (Wildman–Crippen LogP) is 29.6. The molecule has 0 saturated heterocycles. The number of allylic oxidation sites excluding steroid dienone is 4. The molecule has 0 aliphatic heterocycles. The standard InChI is InChI=1S/2C27H48.C27H32.2CH3.6ClH.2Zr/c3*1-26(2,3)24-16-18(20-11-7-9-13-22(20)24)15-19-17-25(27(4,5)6)23-14-10-8-12-21(19)23;;;;;;;;;;/h2*18-25H,7-17H2,1-6H3;7-14,16-17,24-25H,15H2,1-6H3;2*1H3;6*1H;;/q;;;2*-1;;;;;;;2*+4/p-6. The fourth-order valence-corrected chi connectivity index (χ4v) is 22.5. The molecule has 8 heteroatoms. The minimum absolute atomic E-state index is 0. The Morgan fingerprint density at radius 3 is 0.769 bits per heavy atom. The molecule has 0 N–H and O–H groups in total. The summed E-state index contributed by atoms with van der Waals surface area (Å²) in [5, 5.41) is 0. The van der Waals surface area contributed by atoms with Gasteiger partial charge in [0.2, 0.25) is 0 Å². The van der Waals surface area contributed by atoms with Crippen molar-refractivity contribution in [3.05, 3.63) is 97.8 Å². The van der Waals surface area contributed by atoms with Gasteiger partial charge in [-0.15, -0.1) is 0 Å². The van der Waals surface area contributed by atoms with Crippen LogP contribution < -0.4 is 0 Å². The number of hydrogen-bond donors (Lipinski definition) is 0. The van der Waals surface area contributed by atoms with Gasteiger partial charge in [0, 0.05) is 11.8 Å². The molecule has 0 heterocycles. The fraction of sp³-hybridized carbons (Fsp3) is 0.783. The van der Waals surface area contributed by atoms with Crippen molar-refractivity contribution in [1.29, 1.82) is 0 Å². The summed E-state index contributed by atoms with van der Waals surface area (Å²) in [5.74, 6) is 17.8. The molecule has 18 unspecified atom stereocenters. The van der Waals surface area contributed by atoms with E-state index in [-0.39, 0.29) is 25.7 Å². The Morgan fingerprint density at radius 2 is 0.560 bits per heavy atom. The van der Waals surface area contributed by atoms with E-state index in [1.54, 1.807) is 89.9 Å². The summed E-state index contributed by atoms with van der Waals surface area (Å²) in [7, 11) is 30.0. The van der Waals surface area contributed by atoms with Gasteiger partial charge in [-0.3, -0.25) is 0 Å². The fourth-order valence-electron chi connectivity index (χ4n) is 22.5. The van der Waals surface area contributed by atoms with Gasteiger partial charge in [0.25, 0.3) is 0 Å². The van der Waals surface area contributed by atoms with E-state index in [0.717, 1.165) is 101 Å². The second kappa shape index (κ2) is 33.5. The average molecular weight is 1530 g/mol. The maximum atomic E-state index is 5.04. The van der Waals surface area contributed by atoms with Gasteiger partial charge in [-0.1, -0.05) is 237 Å². The number of fused-ring (bicyclic) bond motifs is 6. The number of hydrogen-bond acceptors (Lipinski definition) is 0. The van der Waals surface area contributed by atoms with Gasteiger partial charge < -0.3 is 14.9 Å². The van der Waals surface area contributed by atoms with Crippen LogP contribution in [-0.4, -0.2) is 0 Å². The molecule has 0 nitrogen and oxygen atoms in total. The summed E-state index contributed by atoms with van der Waals surface area (Å²) in [6.45, 7) is 44.6. The summed E-state index contributed by atoms with van der Waals surface area (Å²) in [4.78, 5) is 0. The zero-order chi connectivity index (χ0) is 65.4. The second-order valence-electron chi connectivity index (χ2n) is 37.7. The van der Waals surface area contributed by atoms with E-state index in [1.165, 1.54) is 84.8 Å². The summed E-state index contributed by atoms with van der Waals surface area (Å²) in [6.07, 6.45) is 40.1. The van der Waals surface area contributed by atoms with Gasteiger partial charge in [0.05, 0.1) is 0 Å². The number of halogens is 6. The van der Waals surface area contributed by atoms with Crippen molar-refractivity contribution in [2.24, 2.45) is 127 Å². The van der Waals surface area contributed by atoms with Crippen LogP contribution in [0.5, 0.6) is 0 Å². The van der Waals surface area contributed by atoms with Crippen LogP contribution in [0.4, 0.5) is 0 Å². The van der Waals surface area contributed by atoms with Crippen molar-refractivity contribution < 1.29 is 36.3 Å². The molecule has 8 saturated carbocycles. The van der Waals surface area contributed by atoms with Crippen molar-refractivity contribution in [3.8, 4) is 0 Å². The molecular formula is C83H134Cl6Zr2. The molecule has 0 aromatic heterocycles. The Kier molecular flexibility index (Phi) is 29.9. The van der Waals surface area contributed by atoms with Crippen LogP contribution in [0.3, 0.4) is 0 Å². The third-order valence-corrected chi connectivity index (χ3v) is 26.1. The van der Waals surface area contributed by atoms with Crippen LogP contribution >= 0.6 is 51.1 Å². The van der Waals surface area contributed by atoms with Crippen molar-refractivity contribution in [2.45, 2.75) is 284 Å². The zero-order valence-electron chi connectivity index (χ0n) is 61.7. The summed E-state index contributed by atoms with van der Waals surface area (Å²) in [5.41, 5.74) is 11.5. The zero-order valence-corrected chi connectivity index (χ0v) is 71.1. The molecule has 2 aromatic carbocycles. The SMILES string of the molecule is CC(C)(C)C1C=C(CC2=CC(C(C)(C)C)c3ccccc32)c2ccccc21.CC(C)(C)C1CC(CC2CC(C(C)(C)C)C3CCCCC23)C2CCCCC21.CC(C)(C)C1CC(CC2CC(C(C)(C)C)C3CCCCC23)C2CCCCC21.[CH3-].[CH3-].[Cl][Zr+2][Cl].[Cl][Zr]([Cl])([Cl])[Cl]. The average Bonchev–Trinajstić information content (AvgIpc) is 1.70. The molecule has 0 amide bonds. The van der Waals surface area contributed by atoms with Gasteiger partial charge in [-0.05, 0) is 257 Å². The topological polar surface area (TPSA) is 0 Å². The Bertz CT molecular complexity index is 2350. The molecule has 0 bridgehead atoms. The van der Waals surface area contributed by atoms with Gasteiger partial charge >= 0.3 is 87.4 Å². The molecule has 12 rings (SSSR count). The van der Waals surface area contributed by atoms with Crippen molar-refractivity contribution >= 4 is 62.2 Å². The Morgan fingerprint density at radius 1 is 0.352 bits per heavy atom. The van der Waals surface area contributed by atoms with Gasteiger partial charge in [0.15, 0.2) is 0 Å². The van der Waals surface area contributed by atoms with E-state index in [9.17, 15) is 0 Å². The third-order valence-electron chi connectivity index (χ3n) is 26.1. The number of rotatable bonds is 6. The first-order valence-electron chi connectivity index (χ1n) is 36.7. The summed E-state index contributed by atoms with van der Waals surface area (Å²) in [6, 6.07) is 18.0. The third kappa shape index (κ3) is 20.8. The van der Waals surface area contributed by atoms with Crippen LogP contribution in [-0.2, 0) is 36.3 Å². The molecule has 516 valence electrons. The Hall–Kier alpha value is 1.43. The molecule has 91 heavy (non-hydrogen) atoms. The molecule has 0 radical (unpaired) electrons. The second-order valence-corrected chi connectivity index (χ2v) is 63.8. The van der Waals surface area contributed by atoms with E-state index in [0.29, 0.717) is 33.5 Å². The molecular weight excluding hydrogens is 1390 g/mol. The number of benzene rings is 2. The van der Waals surface area contributed by atoms with Crippen LogP contribution in [0.25, 0.3) is 11.1 Å². The minimum atomic E-state index is -3.29. The van der Waals surface area contributed by atoms with Crippen molar-refractivity contribution in [1.82, 2.24) is 0 Å². The van der Waals surface area contributed by atoms with Crippen LogP contribution in [0.2, 0.25) is 0 Å². The molecule has 10 aliphatic carbocycles. The molecule has 8 fully saturated rings. The first-order chi connectivity index (χ1) is 41.4. The quantitative estimate of drug-likeness (QED) is 0.253. The molecule has 18 atom stereocenters. The first kappa shape index (κ1) is 81.4. The maximum absolute atomic E-state index is 5.04. The Balaban J connectivity index is 0.000000202.